The fraction of sp³-hybridized carbons (Fsp3) is 0.444. The molecule has 0 aliphatic heterocycles. The first-order valence-electron chi connectivity index (χ1n) is 8.11. The van der Waals surface area contributed by atoms with Gasteiger partial charge in [-0.25, -0.2) is 4.79 Å². The summed E-state index contributed by atoms with van der Waals surface area (Å²) in [5, 5.41) is 4.40. The monoisotopic (exact) mass is 396 g/mol. The molecule has 132 valence electrons. The molecule has 6 heteroatoms. The van der Waals surface area contributed by atoms with Crippen LogP contribution >= 0.6 is 15.9 Å². The van der Waals surface area contributed by atoms with Crippen molar-refractivity contribution in [3.63, 3.8) is 0 Å². The number of rotatable bonds is 5. The van der Waals surface area contributed by atoms with Gasteiger partial charge >= 0.3 is 5.97 Å². The molecule has 2 aromatic rings. The highest BCUT2D eigenvalue weighted by Crippen LogP contribution is 2.35. The third kappa shape index (κ3) is 4.17. The molecule has 5 nitrogen and oxygen atoms in total. The third-order valence-electron chi connectivity index (χ3n) is 3.38. The average Bonchev–Trinajstić information content (AvgIpc) is 2.93. The van der Waals surface area contributed by atoms with Gasteiger partial charge in [0, 0.05) is 22.1 Å². The Labute approximate surface area is 152 Å². The van der Waals surface area contributed by atoms with Crippen LogP contribution in [0.25, 0.3) is 11.3 Å². The van der Waals surface area contributed by atoms with Crippen LogP contribution in [0.2, 0.25) is 0 Å². The molecule has 0 aliphatic carbocycles. The minimum absolute atomic E-state index is 0.328. The van der Waals surface area contributed by atoms with Crippen LogP contribution in [0.1, 0.15) is 43.7 Å². The average molecular weight is 397 g/mol. The molecule has 1 aromatic carbocycles. The number of carbonyl (C=O) groups excluding carboxylic acids is 1. The molecule has 1 heterocycles. The highest BCUT2D eigenvalue weighted by atomic mass is 79.9. The Kier molecular flexibility index (Phi) is 7.98. The molecule has 0 N–H and O–H groups in total. The van der Waals surface area contributed by atoms with Crippen molar-refractivity contribution in [3.05, 3.63) is 33.9 Å². The lowest BCUT2D eigenvalue weighted by Gasteiger charge is -2.11. The van der Waals surface area contributed by atoms with Gasteiger partial charge in [0.25, 0.3) is 0 Å². The highest BCUT2D eigenvalue weighted by Gasteiger charge is 2.23. The normalized spacial score (nSPS) is 9.96. The van der Waals surface area contributed by atoms with E-state index in [9.17, 15) is 4.79 Å². The van der Waals surface area contributed by atoms with Gasteiger partial charge in [0.15, 0.2) is 5.69 Å². The predicted octanol–water partition coefficient (Wildman–Crippen LogP) is 4.85. The number of benzene rings is 1. The number of aryl methyl sites for hydroxylation is 1. The van der Waals surface area contributed by atoms with E-state index in [0.717, 1.165) is 27.0 Å². The molecule has 0 atom stereocenters. The van der Waals surface area contributed by atoms with Crippen LogP contribution in [0.15, 0.2) is 22.7 Å². The first-order valence-corrected chi connectivity index (χ1v) is 8.91. The van der Waals surface area contributed by atoms with E-state index < -0.39 is 5.97 Å². The van der Waals surface area contributed by atoms with Gasteiger partial charge in [0.05, 0.1) is 19.4 Å². The van der Waals surface area contributed by atoms with Crippen LogP contribution in [0.5, 0.6) is 5.75 Å². The summed E-state index contributed by atoms with van der Waals surface area (Å²) in [4.78, 5) is 12.1. The molecule has 0 fully saturated rings. The van der Waals surface area contributed by atoms with Crippen molar-refractivity contribution in [1.29, 1.82) is 0 Å². The summed E-state index contributed by atoms with van der Waals surface area (Å²) in [7, 11) is 1.62. The van der Waals surface area contributed by atoms with Gasteiger partial charge in [-0.1, -0.05) is 29.8 Å². The van der Waals surface area contributed by atoms with E-state index in [1.54, 1.807) is 18.7 Å². The molecule has 0 saturated carbocycles. The van der Waals surface area contributed by atoms with Gasteiger partial charge in [-0.2, -0.15) is 5.10 Å². The Morgan fingerprint density at radius 2 is 1.96 bits per heavy atom. The number of nitrogens with zero attached hydrogens (tertiary/aromatic N) is 2. The molecule has 0 amide bonds. The van der Waals surface area contributed by atoms with Crippen LogP contribution in [0.4, 0.5) is 0 Å². The lowest BCUT2D eigenvalue weighted by atomic mass is 10.1. The Morgan fingerprint density at radius 1 is 1.29 bits per heavy atom. The van der Waals surface area contributed by atoms with Crippen molar-refractivity contribution in [3.8, 4) is 17.0 Å². The number of halogens is 1. The molecule has 2 rings (SSSR count). The summed E-state index contributed by atoms with van der Waals surface area (Å²) >= 11 is 3.44. The quantitative estimate of drug-likeness (QED) is 0.677. The number of hydrogen-bond acceptors (Lipinski definition) is 4. The number of methoxy groups -OCH3 is 1. The molecular formula is C18H25BrN2O3. The van der Waals surface area contributed by atoms with E-state index in [1.165, 1.54) is 0 Å². The van der Waals surface area contributed by atoms with E-state index in [1.807, 2.05) is 45.9 Å². The van der Waals surface area contributed by atoms with E-state index in [0.29, 0.717) is 18.8 Å². The van der Waals surface area contributed by atoms with E-state index in [4.69, 9.17) is 9.47 Å². The Balaban J connectivity index is 0.00000139. The predicted molar refractivity (Wildman–Crippen MR) is 99.6 cm³/mol. The lowest BCUT2D eigenvalue weighted by Crippen LogP contribution is -2.07. The molecule has 0 radical (unpaired) electrons. The summed E-state index contributed by atoms with van der Waals surface area (Å²) in [6, 6.07) is 5.79. The maximum absolute atomic E-state index is 12.1. The van der Waals surface area contributed by atoms with Gasteiger partial charge in [-0.15, -0.1) is 0 Å². The second-order valence-corrected chi connectivity index (χ2v) is 5.62. The van der Waals surface area contributed by atoms with Gasteiger partial charge in [0.1, 0.15) is 5.75 Å². The van der Waals surface area contributed by atoms with Crippen molar-refractivity contribution in [2.75, 3.05) is 13.7 Å². The van der Waals surface area contributed by atoms with E-state index in [-0.39, 0.29) is 0 Å². The summed E-state index contributed by atoms with van der Waals surface area (Å²) in [6.45, 7) is 10.6. The molecule has 1 aromatic heterocycles. The second kappa shape index (κ2) is 9.47. The first-order chi connectivity index (χ1) is 11.5. The zero-order valence-electron chi connectivity index (χ0n) is 15.1. The number of esters is 1. The Hall–Kier alpha value is -1.82. The van der Waals surface area contributed by atoms with Gasteiger partial charge in [0.2, 0.25) is 0 Å². The van der Waals surface area contributed by atoms with Crippen LogP contribution in [0.3, 0.4) is 0 Å². The number of hydrogen-bond donors (Lipinski definition) is 0. The zero-order chi connectivity index (χ0) is 18.3. The minimum Gasteiger partial charge on any atom is -0.496 e. The standard InChI is InChI=1S/C16H19BrN2O3.C2H6/c1-5-19-15(10(3)14(18-19)16(20)22-6-2)12-8-7-11(17)9-13(12)21-4;1-2/h7-9H,5-6H2,1-4H3;1-2H3. The molecular weight excluding hydrogens is 372 g/mol. The van der Waals surface area contributed by atoms with Gasteiger partial charge < -0.3 is 9.47 Å². The Bertz CT molecular complexity index is 696. The maximum atomic E-state index is 12.1. The molecule has 0 unspecified atom stereocenters. The Morgan fingerprint density at radius 3 is 2.50 bits per heavy atom. The lowest BCUT2D eigenvalue weighted by molar-refractivity contribution is 0.0517. The molecule has 0 aliphatic rings. The molecule has 0 bridgehead atoms. The SMILES string of the molecule is CC.CCOC(=O)c1nn(CC)c(-c2ccc(Br)cc2OC)c1C. The number of ether oxygens (including phenoxy) is 2. The zero-order valence-corrected chi connectivity index (χ0v) is 16.7. The third-order valence-corrected chi connectivity index (χ3v) is 3.87. The molecule has 0 saturated heterocycles. The number of carbonyl (C=O) groups is 1. The first kappa shape index (κ1) is 20.2. The molecule has 24 heavy (non-hydrogen) atoms. The summed E-state index contributed by atoms with van der Waals surface area (Å²) in [5.41, 5.74) is 2.91. The van der Waals surface area contributed by atoms with Crippen LogP contribution < -0.4 is 4.74 Å². The van der Waals surface area contributed by atoms with Crippen LogP contribution in [-0.2, 0) is 11.3 Å². The van der Waals surface area contributed by atoms with Crippen molar-refractivity contribution >= 4 is 21.9 Å². The second-order valence-electron chi connectivity index (χ2n) is 4.70. The van der Waals surface area contributed by atoms with E-state index >= 15 is 0 Å². The number of aromatic nitrogens is 2. The van der Waals surface area contributed by atoms with Crippen molar-refractivity contribution in [1.82, 2.24) is 9.78 Å². The van der Waals surface area contributed by atoms with Crippen LogP contribution in [0, 0.1) is 6.92 Å². The largest absolute Gasteiger partial charge is 0.496 e. The summed E-state index contributed by atoms with van der Waals surface area (Å²) in [6.07, 6.45) is 0. The van der Waals surface area contributed by atoms with Crippen LogP contribution in [-0.4, -0.2) is 29.5 Å². The minimum atomic E-state index is -0.399. The van der Waals surface area contributed by atoms with E-state index in [2.05, 4.69) is 21.0 Å². The van der Waals surface area contributed by atoms with Crippen molar-refractivity contribution in [2.45, 2.75) is 41.2 Å². The van der Waals surface area contributed by atoms with Gasteiger partial charge in [-0.3, -0.25) is 4.68 Å². The topological polar surface area (TPSA) is 53.3 Å². The molecule has 0 spiro atoms. The fourth-order valence-electron chi connectivity index (χ4n) is 2.38. The maximum Gasteiger partial charge on any atom is 0.359 e. The fourth-order valence-corrected chi connectivity index (χ4v) is 2.72. The van der Waals surface area contributed by atoms with Crippen molar-refractivity contribution in [2.24, 2.45) is 0 Å². The summed E-state index contributed by atoms with van der Waals surface area (Å²) in [5.74, 6) is 0.326. The van der Waals surface area contributed by atoms with Gasteiger partial charge in [-0.05, 0) is 39.0 Å². The smallest absolute Gasteiger partial charge is 0.359 e. The highest BCUT2D eigenvalue weighted by molar-refractivity contribution is 9.10. The van der Waals surface area contributed by atoms with Crippen molar-refractivity contribution < 1.29 is 14.3 Å². The summed E-state index contributed by atoms with van der Waals surface area (Å²) < 4.78 is 13.3.